The molecule has 1 amide bonds. The number of benzene rings is 2. The largest absolute Gasteiger partial charge is 0.289 e. The van der Waals surface area contributed by atoms with Crippen molar-refractivity contribution in [3.63, 3.8) is 0 Å². The number of carbonyl (C=O) groups excluding carboxylic acids is 1. The van der Waals surface area contributed by atoms with E-state index in [4.69, 9.17) is 5.21 Å². The van der Waals surface area contributed by atoms with Crippen molar-refractivity contribution < 1.29 is 18.4 Å². The van der Waals surface area contributed by atoms with Crippen LogP contribution in [0.1, 0.15) is 24.8 Å². The van der Waals surface area contributed by atoms with Crippen LogP contribution in [0.25, 0.3) is 11.1 Å². The Kier molecular flexibility index (Phi) is 4.92. The van der Waals surface area contributed by atoms with Gasteiger partial charge in [-0.2, -0.15) is 0 Å². The van der Waals surface area contributed by atoms with Crippen LogP contribution in [-0.2, 0) is 21.1 Å². The Hall–Kier alpha value is -2.18. The van der Waals surface area contributed by atoms with Crippen molar-refractivity contribution in [1.29, 1.82) is 0 Å². The third kappa shape index (κ3) is 3.32. The summed E-state index contributed by atoms with van der Waals surface area (Å²) in [5.41, 5.74) is 4.72. The SMILES string of the molecule is O=C(NO)C1(CCc2ccc(-c3ccccc3)cc2)CCCS1(=O)=O. The fourth-order valence-corrected chi connectivity index (χ4v) is 5.60. The van der Waals surface area contributed by atoms with Crippen LogP contribution in [0, 0.1) is 0 Å². The Bertz CT molecular complexity index is 847. The van der Waals surface area contributed by atoms with Crippen LogP contribution >= 0.6 is 0 Å². The minimum atomic E-state index is -3.55. The molecule has 1 fully saturated rings. The van der Waals surface area contributed by atoms with E-state index in [1.54, 1.807) is 5.48 Å². The molecule has 25 heavy (non-hydrogen) atoms. The lowest BCUT2D eigenvalue weighted by atomic mass is 9.93. The Morgan fingerprint density at radius 1 is 1.04 bits per heavy atom. The van der Waals surface area contributed by atoms with Gasteiger partial charge in [-0.25, -0.2) is 13.9 Å². The minimum Gasteiger partial charge on any atom is -0.289 e. The molecule has 1 aliphatic rings. The molecule has 2 aromatic carbocycles. The number of nitrogens with one attached hydrogen (secondary N) is 1. The molecule has 0 bridgehead atoms. The number of sulfone groups is 1. The maximum absolute atomic E-state index is 12.4. The molecule has 6 heteroatoms. The summed E-state index contributed by atoms with van der Waals surface area (Å²) in [4.78, 5) is 12.1. The molecule has 3 rings (SSSR count). The minimum absolute atomic E-state index is 0.00658. The quantitative estimate of drug-likeness (QED) is 0.635. The lowest BCUT2D eigenvalue weighted by molar-refractivity contribution is -0.132. The topological polar surface area (TPSA) is 83.5 Å². The van der Waals surface area contributed by atoms with E-state index in [1.165, 1.54) is 0 Å². The van der Waals surface area contributed by atoms with Crippen molar-refractivity contribution in [1.82, 2.24) is 5.48 Å². The summed E-state index contributed by atoms with van der Waals surface area (Å²) in [6, 6.07) is 17.9. The smallest absolute Gasteiger partial charge is 0.264 e. The van der Waals surface area contributed by atoms with Gasteiger partial charge in [0.15, 0.2) is 14.6 Å². The number of rotatable bonds is 5. The summed E-state index contributed by atoms with van der Waals surface area (Å²) in [6.07, 6.45) is 1.33. The zero-order valence-corrected chi connectivity index (χ0v) is 14.6. The molecule has 0 aliphatic carbocycles. The normalized spacial score (nSPS) is 21.8. The number of aryl methyl sites for hydroxylation is 1. The lowest BCUT2D eigenvalue weighted by Gasteiger charge is -2.25. The zero-order valence-electron chi connectivity index (χ0n) is 13.8. The first kappa shape index (κ1) is 17.6. The monoisotopic (exact) mass is 359 g/mol. The van der Waals surface area contributed by atoms with E-state index in [9.17, 15) is 13.2 Å². The molecule has 1 atom stereocenters. The van der Waals surface area contributed by atoms with Gasteiger partial charge in [0, 0.05) is 0 Å². The molecule has 5 nitrogen and oxygen atoms in total. The second kappa shape index (κ2) is 6.98. The maximum atomic E-state index is 12.4. The van der Waals surface area contributed by atoms with E-state index in [2.05, 4.69) is 0 Å². The third-order valence-corrected chi connectivity index (χ3v) is 7.59. The van der Waals surface area contributed by atoms with Crippen molar-refractivity contribution in [2.75, 3.05) is 5.75 Å². The van der Waals surface area contributed by atoms with Crippen LogP contribution in [0.15, 0.2) is 54.6 Å². The van der Waals surface area contributed by atoms with Crippen LogP contribution in [0.2, 0.25) is 0 Å². The van der Waals surface area contributed by atoms with E-state index in [0.717, 1.165) is 16.7 Å². The molecule has 132 valence electrons. The summed E-state index contributed by atoms with van der Waals surface area (Å²) in [6.45, 7) is 0. The highest BCUT2D eigenvalue weighted by Crippen LogP contribution is 2.37. The summed E-state index contributed by atoms with van der Waals surface area (Å²) < 4.78 is 23.2. The van der Waals surface area contributed by atoms with E-state index in [0.29, 0.717) is 12.8 Å². The van der Waals surface area contributed by atoms with Crippen molar-refractivity contribution in [2.45, 2.75) is 30.4 Å². The van der Waals surface area contributed by atoms with Crippen LogP contribution < -0.4 is 5.48 Å². The second-order valence-electron chi connectivity index (χ2n) is 6.42. The van der Waals surface area contributed by atoms with Gasteiger partial charge in [0.2, 0.25) is 0 Å². The molecular formula is C19H21NO4S. The van der Waals surface area contributed by atoms with E-state index >= 15 is 0 Å². The van der Waals surface area contributed by atoms with Crippen LogP contribution in [0.5, 0.6) is 0 Å². The van der Waals surface area contributed by atoms with Gasteiger partial charge in [0.1, 0.15) is 0 Å². The Morgan fingerprint density at radius 3 is 2.24 bits per heavy atom. The molecule has 0 aromatic heterocycles. The standard InChI is InChI=1S/C19H21NO4S/c21-18(20-22)19(12-4-14-25(19,23)24)13-11-15-7-9-17(10-8-15)16-5-2-1-3-6-16/h1-3,5-10,22H,4,11-14H2,(H,20,21). The van der Waals surface area contributed by atoms with E-state index < -0.39 is 20.5 Å². The van der Waals surface area contributed by atoms with Gasteiger partial charge in [-0.15, -0.1) is 0 Å². The zero-order chi connectivity index (χ0) is 17.9. The molecule has 0 spiro atoms. The number of hydroxylamine groups is 1. The maximum Gasteiger partial charge on any atom is 0.264 e. The molecule has 1 aliphatic heterocycles. The third-order valence-electron chi connectivity index (χ3n) is 4.98. The molecule has 2 aromatic rings. The molecule has 0 saturated carbocycles. The fourth-order valence-electron chi connectivity index (χ4n) is 3.49. The van der Waals surface area contributed by atoms with Crippen molar-refractivity contribution in [2.24, 2.45) is 0 Å². The van der Waals surface area contributed by atoms with Crippen LogP contribution in [0.3, 0.4) is 0 Å². The summed E-state index contributed by atoms with van der Waals surface area (Å²) in [5.74, 6) is -0.821. The van der Waals surface area contributed by atoms with Gasteiger partial charge in [-0.1, -0.05) is 54.6 Å². The average molecular weight is 359 g/mol. The van der Waals surface area contributed by atoms with Gasteiger partial charge < -0.3 is 0 Å². The van der Waals surface area contributed by atoms with Crippen molar-refractivity contribution in [3.8, 4) is 11.1 Å². The summed E-state index contributed by atoms with van der Waals surface area (Å²) in [7, 11) is -3.55. The lowest BCUT2D eigenvalue weighted by Crippen LogP contribution is -2.49. The predicted molar refractivity (Wildman–Crippen MR) is 95.9 cm³/mol. The first-order valence-electron chi connectivity index (χ1n) is 8.30. The Morgan fingerprint density at radius 2 is 1.68 bits per heavy atom. The highest BCUT2D eigenvalue weighted by atomic mass is 32.2. The highest BCUT2D eigenvalue weighted by Gasteiger charge is 2.53. The Labute approximate surface area is 147 Å². The Balaban J connectivity index is 1.77. The van der Waals surface area contributed by atoms with Gasteiger partial charge in [-0.3, -0.25) is 10.0 Å². The number of carbonyl (C=O) groups is 1. The number of hydrogen-bond acceptors (Lipinski definition) is 4. The second-order valence-corrected chi connectivity index (χ2v) is 8.84. The van der Waals surface area contributed by atoms with Crippen molar-refractivity contribution >= 4 is 15.7 Å². The number of hydrogen-bond donors (Lipinski definition) is 2. The molecule has 2 N–H and O–H groups in total. The molecule has 1 heterocycles. The fraction of sp³-hybridized carbons (Fsp3) is 0.316. The molecule has 1 saturated heterocycles. The van der Waals surface area contributed by atoms with E-state index in [-0.39, 0.29) is 18.6 Å². The number of amides is 1. The molecule has 1 unspecified atom stereocenters. The predicted octanol–water partition coefficient (Wildman–Crippen LogP) is 2.74. The van der Waals surface area contributed by atoms with Gasteiger partial charge in [0.05, 0.1) is 5.75 Å². The van der Waals surface area contributed by atoms with Gasteiger partial charge in [0.25, 0.3) is 5.91 Å². The van der Waals surface area contributed by atoms with Crippen LogP contribution in [-0.4, -0.2) is 30.0 Å². The summed E-state index contributed by atoms with van der Waals surface area (Å²) in [5, 5.41) is 8.99. The first-order valence-corrected chi connectivity index (χ1v) is 9.95. The molecular weight excluding hydrogens is 338 g/mol. The highest BCUT2D eigenvalue weighted by molar-refractivity contribution is 7.93. The molecule has 0 radical (unpaired) electrons. The van der Waals surface area contributed by atoms with Gasteiger partial charge in [-0.05, 0) is 42.4 Å². The van der Waals surface area contributed by atoms with Gasteiger partial charge >= 0.3 is 0 Å². The van der Waals surface area contributed by atoms with Crippen molar-refractivity contribution in [3.05, 3.63) is 60.2 Å². The van der Waals surface area contributed by atoms with Crippen LogP contribution in [0.4, 0.5) is 0 Å². The summed E-state index contributed by atoms with van der Waals surface area (Å²) >= 11 is 0. The average Bonchev–Trinajstić information content (AvgIpc) is 2.95. The first-order chi connectivity index (χ1) is 12.0. The van der Waals surface area contributed by atoms with E-state index in [1.807, 2.05) is 54.6 Å².